The second kappa shape index (κ2) is 3.02. The van der Waals surface area contributed by atoms with E-state index in [-0.39, 0.29) is 11.2 Å². The van der Waals surface area contributed by atoms with Crippen LogP contribution in [0, 0.1) is 6.92 Å². The monoisotopic (exact) mass is 208 g/mol. The number of hydrogen-bond donors (Lipinski definition) is 1. The van der Waals surface area contributed by atoms with Crippen LogP contribution in [0.4, 0.5) is 5.69 Å². The number of nitrogens with one attached hydrogen (secondary N) is 1. The van der Waals surface area contributed by atoms with Gasteiger partial charge in [0.25, 0.3) is 5.56 Å². The fourth-order valence-corrected chi connectivity index (χ4v) is 1.78. The van der Waals surface area contributed by atoms with Gasteiger partial charge in [0.05, 0.1) is 6.54 Å². The maximum absolute atomic E-state index is 11.8. The average Bonchev–Trinajstić information content (AvgIpc) is 2.13. The van der Waals surface area contributed by atoms with Crippen molar-refractivity contribution in [3.05, 3.63) is 22.1 Å². The van der Waals surface area contributed by atoms with Crippen LogP contribution in [0.5, 0.6) is 5.75 Å². The maximum Gasteiger partial charge on any atom is 0.277 e. The maximum atomic E-state index is 11.8. The third-order valence-corrected chi connectivity index (χ3v) is 2.58. The Morgan fingerprint density at radius 3 is 2.87 bits per heavy atom. The van der Waals surface area contributed by atoms with E-state index in [4.69, 9.17) is 4.74 Å². The number of anilines is 1. The number of pyridine rings is 1. The van der Waals surface area contributed by atoms with Crippen molar-refractivity contribution in [2.45, 2.75) is 26.4 Å². The summed E-state index contributed by atoms with van der Waals surface area (Å²) < 4.78 is 7.38. The van der Waals surface area contributed by atoms with E-state index in [0.717, 1.165) is 5.56 Å². The number of aromatic nitrogens is 1. The molecule has 4 heteroatoms. The Morgan fingerprint density at radius 1 is 1.53 bits per heavy atom. The first-order valence-electron chi connectivity index (χ1n) is 5.04. The van der Waals surface area contributed by atoms with Crippen LogP contribution in [0.15, 0.2) is 11.0 Å². The number of fused-ring (bicyclic) bond motifs is 1. The SMILES string of the molecule is Cc1cn(C)c(=O)c2c1OC(C)(C)CN2. The first kappa shape index (κ1) is 10.1. The van der Waals surface area contributed by atoms with E-state index in [0.29, 0.717) is 18.0 Å². The van der Waals surface area contributed by atoms with Crippen LogP contribution in [0.3, 0.4) is 0 Å². The minimum atomic E-state index is -0.260. The molecule has 1 aliphatic heterocycles. The van der Waals surface area contributed by atoms with Crippen molar-refractivity contribution < 1.29 is 4.74 Å². The van der Waals surface area contributed by atoms with E-state index >= 15 is 0 Å². The first-order valence-corrected chi connectivity index (χ1v) is 5.04. The molecule has 1 aromatic heterocycles. The molecule has 2 heterocycles. The standard InChI is InChI=1S/C11H16N2O2/c1-7-5-13(4)10(14)8-9(7)15-11(2,3)6-12-8/h5,12H,6H2,1-4H3. The van der Waals surface area contributed by atoms with Crippen LogP contribution in [0.1, 0.15) is 19.4 Å². The van der Waals surface area contributed by atoms with E-state index < -0.39 is 0 Å². The van der Waals surface area contributed by atoms with Crippen molar-refractivity contribution in [2.24, 2.45) is 7.05 Å². The Hall–Kier alpha value is -1.45. The van der Waals surface area contributed by atoms with Gasteiger partial charge in [-0.3, -0.25) is 4.79 Å². The second-order valence-corrected chi connectivity index (χ2v) is 4.65. The molecule has 0 bridgehead atoms. The molecule has 0 saturated heterocycles. The summed E-state index contributed by atoms with van der Waals surface area (Å²) in [5.74, 6) is 0.689. The Morgan fingerprint density at radius 2 is 2.20 bits per heavy atom. The number of nitrogens with zero attached hydrogens (tertiary/aromatic N) is 1. The third kappa shape index (κ3) is 1.60. The summed E-state index contributed by atoms with van der Waals surface area (Å²) in [6.07, 6.45) is 1.80. The molecule has 0 amide bonds. The summed E-state index contributed by atoms with van der Waals surface area (Å²) in [7, 11) is 1.75. The van der Waals surface area contributed by atoms with Crippen molar-refractivity contribution in [3.63, 3.8) is 0 Å². The van der Waals surface area contributed by atoms with Gasteiger partial charge in [-0.2, -0.15) is 0 Å². The summed E-state index contributed by atoms with van der Waals surface area (Å²) in [5.41, 5.74) is 1.26. The van der Waals surface area contributed by atoms with Crippen molar-refractivity contribution in [1.82, 2.24) is 4.57 Å². The molecule has 2 rings (SSSR count). The predicted octanol–water partition coefficient (Wildman–Crippen LogP) is 1.28. The molecule has 1 N–H and O–H groups in total. The first-order chi connectivity index (χ1) is 6.91. The number of rotatable bonds is 0. The highest BCUT2D eigenvalue weighted by molar-refractivity contribution is 5.60. The molecule has 0 spiro atoms. The molecule has 0 aliphatic carbocycles. The third-order valence-electron chi connectivity index (χ3n) is 2.58. The molecule has 0 saturated carbocycles. The smallest absolute Gasteiger partial charge is 0.277 e. The molecule has 15 heavy (non-hydrogen) atoms. The summed E-state index contributed by atoms with van der Waals surface area (Å²) >= 11 is 0. The summed E-state index contributed by atoms with van der Waals surface area (Å²) in [6.45, 7) is 6.60. The van der Waals surface area contributed by atoms with Crippen LogP contribution in [0.2, 0.25) is 0 Å². The van der Waals surface area contributed by atoms with Crippen molar-refractivity contribution in [2.75, 3.05) is 11.9 Å². The molecular weight excluding hydrogens is 192 g/mol. The highest BCUT2D eigenvalue weighted by Crippen LogP contribution is 2.32. The highest BCUT2D eigenvalue weighted by Gasteiger charge is 2.29. The fourth-order valence-electron chi connectivity index (χ4n) is 1.78. The molecule has 1 aromatic rings. The summed E-state index contributed by atoms with van der Waals surface area (Å²) in [4.78, 5) is 11.8. The lowest BCUT2D eigenvalue weighted by Crippen LogP contribution is -2.42. The number of ether oxygens (including phenoxy) is 1. The Bertz CT molecular complexity index is 460. The largest absolute Gasteiger partial charge is 0.483 e. The van der Waals surface area contributed by atoms with Crippen molar-refractivity contribution >= 4 is 5.69 Å². The summed E-state index contributed by atoms with van der Waals surface area (Å²) in [5, 5.41) is 3.14. The van der Waals surface area contributed by atoms with Crippen molar-refractivity contribution in [1.29, 1.82) is 0 Å². The second-order valence-electron chi connectivity index (χ2n) is 4.65. The molecule has 1 aliphatic rings. The molecule has 0 unspecified atom stereocenters. The molecule has 4 nitrogen and oxygen atoms in total. The fraction of sp³-hybridized carbons (Fsp3) is 0.545. The van der Waals surface area contributed by atoms with Gasteiger partial charge in [0.15, 0.2) is 5.75 Å². The van der Waals surface area contributed by atoms with Gasteiger partial charge < -0.3 is 14.6 Å². The van der Waals surface area contributed by atoms with Gasteiger partial charge in [-0.15, -0.1) is 0 Å². The minimum Gasteiger partial charge on any atom is -0.483 e. The molecule has 0 aromatic carbocycles. The average molecular weight is 208 g/mol. The van der Waals surface area contributed by atoms with E-state index in [1.54, 1.807) is 17.8 Å². The minimum absolute atomic E-state index is 0.0360. The number of aryl methyl sites for hydroxylation is 2. The van der Waals surface area contributed by atoms with Crippen molar-refractivity contribution in [3.8, 4) is 5.75 Å². The zero-order chi connectivity index (χ0) is 11.2. The lowest BCUT2D eigenvalue weighted by Gasteiger charge is -2.34. The van der Waals surface area contributed by atoms with Gasteiger partial charge in [-0.25, -0.2) is 0 Å². The summed E-state index contributed by atoms with van der Waals surface area (Å²) in [6, 6.07) is 0. The van der Waals surface area contributed by atoms with E-state index in [2.05, 4.69) is 5.32 Å². The molecule has 0 radical (unpaired) electrons. The van der Waals surface area contributed by atoms with Gasteiger partial charge in [0.2, 0.25) is 0 Å². The lowest BCUT2D eigenvalue weighted by atomic mass is 10.1. The molecule has 0 atom stereocenters. The lowest BCUT2D eigenvalue weighted by molar-refractivity contribution is 0.114. The van der Waals surface area contributed by atoms with Gasteiger partial charge in [-0.05, 0) is 20.8 Å². The molecule has 82 valence electrons. The Balaban J connectivity index is 2.62. The Labute approximate surface area is 88.9 Å². The molecule has 0 fully saturated rings. The van der Waals surface area contributed by atoms with Gasteiger partial charge in [0, 0.05) is 18.8 Å². The van der Waals surface area contributed by atoms with Gasteiger partial charge >= 0.3 is 0 Å². The van der Waals surface area contributed by atoms with Crippen LogP contribution in [-0.4, -0.2) is 16.7 Å². The zero-order valence-corrected chi connectivity index (χ0v) is 9.55. The van der Waals surface area contributed by atoms with E-state index in [9.17, 15) is 4.79 Å². The van der Waals surface area contributed by atoms with E-state index in [1.165, 1.54) is 0 Å². The van der Waals surface area contributed by atoms with Crippen LogP contribution in [0.25, 0.3) is 0 Å². The van der Waals surface area contributed by atoms with Gasteiger partial charge in [-0.1, -0.05) is 0 Å². The highest BCUT2D eigenvalue weighted by atomic mass is 16.5. The zero-order valence-electron chi connectivity index (χ0n) is 9.55. The quantitative estimate of drug-likeness (QED) is 0.698. The normalized spacial score (nSPS) is 17.6. The van der Waals surface area contributed by atoms with E-state index in [1.807, 2.05) is 20.8 Å². The number of hydrogen-bond acceptors (Lipinski definition) is 3. The Kier molecular flexibility index (Phi) is 2.03. The molecular formula is C11H16N2O2. The van der Waals surface area contributed by atoms with Crippen LogP contribution < -0.4 is 15.6 Å². The van der Waals surface area contributed by atoms with Crippen LogP contribution >= 0.6 is 0 Å². The topological polar surface area (TPSA) is 43.3 Å². The van der Waals surface area contributed by atoms with Crippen LogP contribution in [-0.2, 0) is 7.05 Å². The van der Waals surface area contributed by atoms with Gasteiger partial charge in [0.1, 0.15) is 11.3 Å². The predicted molar refractivity (Wildman–Crippen MR) is 59.6 cm³/mol.